The molecule has 3 amide bonds. The molecule has 4 unspecified atom stereocenters. The van der Waals surface area contributed by atoms with Crippen molar-refractivity contribution < 1.29 is 14.4 Å². The highest BCUT2D eigenvalue weighted by Crippen LogP contribution is 2.49. The van der Waals surface area contributed by atoms with Crippen LogP contribution in [0.5, 0.6) is 0 Å². The normalized spacial score (nSPS) is 35.4. The van der Waals surface area contributed by atoms with Crippen molar-refractivity contribution in [2.75, 3.05) is 6.54 Å². The Morgan fingerprint density at radius 3 is 2.08 bits per heavy atom. The third-order valence-corrected chi connectivity index (χ3v) is 6.38. The fourth-order valence-corrected chi connectivity index (χ4v) is 5.12. The fraction of sp³-hybridized carbons (Fsp3) is 0.737. The molecule has 1 N–H and O–H groups in total. The summed E-state index contributed by atoms with van der Waals surface area (Å²) in [5.41, 5.74) is 0. The molecule has 1 saturated heterocycles. The molecule has 4 aliphatic carbocycles. The largest absolute Gasteiger partial charge is 0.353 e. The van der Waals surface area contributed by atoms with Crippen LogP contribution in [0.1, 0.15) is 51.4 Å². The summed E-state index contributed by atoms with van der Waals surface area (Å²) >= 11 is 0. The number of likely N-dealkylation sites (tertiary alicyclic amines) is 1. The van der Waals surface area contributed by atoms with Gasteiger partial charge in [0.1, 0.15) is 0 Å². The first-order chi connectivity index (χ1) is 11.6. The number of carbonyl (C=O) groups is 3. The van der Waals surface area contributed by atoms with Crippen LogP contribution in [-0.4, -0.2) is 35.2 Å². The van der Waals surface area contributed by atoms with Crippen molar-refractivity contribution in [1.29, 1.82) is 0 Å². The molecule has 0 aromatic rings. The SMILES string of the molecule is O=C(CCN1C(=O)C2C3C=CC(CC3)C2C1=O)NC1CCCCC1. The number of carbonyl (C=O) groups excluding carboxylic acids is 3. The number of allylic oxidation sites excluding steroid dienone is 2. The summed E-state index contributed by atoms with van der Waals surface area (Å²) in [5.74, 6) is -0.0113. The lowest BCUT2D eigenvalue weighted by molar-refractivity contribution is -0.140. The van der Waals surface area contributed by atoms with Gasteiger partial charge in [-0.05, 0) is 37.5 Å². The molecule has 3 fully saturated rings. The van der Waals surface area contributed by atoms with Crippen molar-refractivity contribution in [3.8, 4) is 0 Å². The molecule has 5 aliphatic rings. The summed E-state index contributed by atoms with van der Waals surface area (Å²) in [6, 6.07) is 0.277. The molecule has 130 valence electrons. The van der Waals surface area contributed by atoms with Crippen LogP contribution in [-0.2, 0) is 14.4 Å². The minimum absolute atomic E-state index is 0.0292. The lowest BCUT2D eigenvalue weighted by Crippen LogP contribution is -2.39. The van der Waals surface area contributed by atoms with E-state index in [4.69, 9.17) is 0 Å². The van der Waals surface area contributed by atoms with Crippen LogP contribution in [0.4, 0.5) is 0 Å². The van der Waals surface area contributed by atoms with Gasteiger partial charge >= 0.3 is 0 Å². The number of amides is 3. The lowest BCUT2D eigenvalue weighted by atomic mass is 9.63. The van der Waals surface area contributed by atoms with Crippen molar-refractivity contribution in [2.24, 2.45) is 23.7 Å². The number of fused-ring (bicyclic) bond motifs is 1. The van der Waals surface area contributed by atoms with Gasteiger partial charge in [-0.1, -0.05) is 31.4 Å². The average Bonchev–Trinajstić information content (AvgIpc) is 2.88. The van der Waals surface area contributed by atoms with E-state index in [9.17, 15) is 14.4 Å². The number of hydrogen-bond acceptors (Lipinski definition) is 3. The maximum Gasteiger partial charge on any atom is 0.233 e. The Hall–Kier alpha value is -1.65. The monoisotopic (exact) mass is 330 g/mol. The second kappa shape index (κ2) is 6.34. The topological polar surface area (TPSA) is 66.5 Å². The van der Waals surface area contributed by atoms with Crippen molar-refractivity contribution in [1.82, 2.24) is 10.2 Å². The first-order valence-electron chi connectivity index (χ1n) is 9.48. The molecule has 0 aromatic carbocycles. The van der Waals surface area contributed by atoms with Crippen LogP contribution in [0.25, 0.3) is 0 Å². The predicted molar refractivity (Wildman–Crippen MR) is 88.7 cm³/mol. The van der Waals surface area contributed by atoms with Crippen LogP contribution in [0, 0.1) is 23.7 Å². The zero-order chi connectivity index (χ0) is 16.7. The number of nitrogens with zero attached hydrogens (tertiary/aromatic N) is 1. The molecular formula is C19H26N2O3. The number of rotatable bonds is 4. The first-order valence-corrected chi connectivity index (χ1v) is 9.48. The van der Waals surface area contributed by atoms with E-state index in [1.165, 1.54) is 24.2 Å². The molecule has 2 bridgehead atoms. The van der Waals surface area contributed by atoms with Crippen LogP contribution in [0.3, 0.4) is 0 Å². The van der Waals surface area contributed by atoms with Gasteiger partial charge in [0, 0.05) is 19.0 Å². The van der Waals surface area contributed by atoms with Gasteiger partial charge in [-0.25, -0.2) is 0 Å². The van der Waals surface area contributed by atoms with Gasteiger partial charge in [-0.2, -0.15) is 0 Å². The Balaban J connectivity index is 1.34. The van der Waals surface area contributed by atoms with E-state index in [0.29, 0.717) is 0 Å². The van der Waals surface area contributed by atoms with Crippen molar-refractivity contribution in [2.45, 2.75) is 57.4 Å². The maximum absolute atomic E-state index is 12.7. The Labute approximate surface area is 142 Å². The summed E-state index contributed by atoms with van der Waals surface area (Å²) in [5, 5.41) is 3.06. The lowest BCUT2D eigenvalue weighted by Gasteiger charge is -2.38. The smallest absolute Gasteiger partial charge is 0.233 e. The Morgan fingerprint density at radius 2 is 1.54 bits per heavy atom. The van der Waals surface area contributed by atoms with Crippen LogP contribution < -0.4 is 5.32 Å². The van der Waals surface area contributed by atoms with Gasteiger partial charge in [0.2, 0.25) is 17.7 Å². The van der Waals surface area contributed by atoms with Crippen LogP contribution in [0.15, 0.2) is 12.2 Å². The molecule has 0 aromatic heterocycles. The average molecular weight is 330 g/mol. The second-order valence-electron chi connectivity index (χ2n) is 7.82. The van der Waals surface area contributed by atoms with E-state index in [1.807, 2.05) is 0 Å². The minimum Gasteiger partial charge on any atom is -0.353 e. The van der Waals surface area contributed by atoms with E-state index < -0.39 is 0 Å². The quantitative estimate of drug-likeness (QED) is 0.633. The fourth-order valence-electron chi connectivity index (χ4n) is 5.12. The standard InChI is InChI=1S/C19H26N2O3/c22-15(20-14-4-2-1-3-5-14)10-11-21-18(23)16-12-6-7-13(9-8-12)17(16)19(21)24/h6-7,12-14,16-17H,1-5,8-11H2,(H,20,22). The van der Waals surface area contributed by atoms with Gasteiger partial charge in [-0.3, -0.25) is 19.3 Å². The van der Waals surface area contributed by atoms with Crippen LogP contribution in [0.2, 0.25) is 0 Å². The highest BCUT2D eigenvalue weighted by Gasteiger charge is 2.56. The minimum atomic E-state index is -0.164. The maximum atomic E-state index is 12.7. The summed E-state index contributed by atoms with van der Waals surface area (Å²) in [7, 11) is 0. The molecule has 1 aliphatic heterocycles. The van der Waals surface area contributed by atoms with Gasteiger partial charge in [0.05, 0.1) is 11.8 Å². The zero-order valence-corrected chi connectivity index (χ0v) is 14.1. The van der Waals surface area contributed by atoms with Crippen LogP contribution >= 0.6 is 0 Å². The highest BCUT2D eigenvalue weighted by atomic mass is 16.2. The molecule has 24 heavy (non-hydrogen) atoms. The summed E-state index contributed by atoms with van der Waals surface area (Å²) in [6.45, 7) is 0.239. The third-order valence-electron chi connectivity index (χ3n) is 6.38. The van der Waals surface area contributed by atoms with E-state index in [2.05, 4.69) is 17.5 Å². The Morgan fingerprint density at radius 1 is 0.958 bits per heavy atom. The van der Waals surface area contributed by atoms with E-state index in [1.54, 1.807) is 0 Å². The molecule has 0 radical (unpaired) electrons. The molecule has 5 nitrogen and oxygen atoms in total. The van der Waals surface area contributed by atoms with Gasteiger partial charge in [0.25, 0.3) is 0 Å². The van der Waals surface area contributed by atoms with Crippen molar-refractivity contribution in [3.63, 3.8) is 0 Å². The van der Waals surface area contributed by atoms with E-state index in [0.717, 1.165) is 25.7 Å². The molecule has 4 atom stereocenters. The molecule has 5 rings (SSSR count). The van der Waals surface area contributed by atoms with E-state index in [-0.39, 0.29) is 60.4 Å². The number of hydrogen-bond donors (Lipinski definition) is 1. The van der Waals surface area contributed by atoms with Crippen molar-refractivity contribution >= 4 is 17.7 Å². The Bertz CT molecular complexity index is 547. The third kappa shape index (κ3) is 2.68. The van der Waals surface area contributed by atoms with Gasteiger partial charge < -0.3 is 5.32 Å². The number of nitrogens with one attached hydrogen (secondary N) is 1. The molecule has 2 saturated carbocycles. The molecular weight excluding hydrogens is 304 g/mol. The molecule has 5 heteroatoms. The van der Waals surface area contributed by atoms with Crippen molar-refractivity contribution in [3.05, 3.63) is 12.2 Å². The van der Waals surface area contributed by atoms with E-state index >= 15 is 0 Å². The summed E-state index contributed by atoms with van der Waals surface area (Å²) in [6.07, 6.45) is 12.2. The summed E-state index contributed by atoms with van der Waals surface area (Å²) in [4.78, 5) is 38.9. The summed E-state index contributed by atoms with van der Waals surface area (Å²) < 4.78 is 0. The second-order valence-corrected chi connectivity index (χ2v) is 7.82. The molecule has 1 heterocycles. The highest BCUT2D eigenvalue weighted by molar-refractivity contribution is 6.06. The van der Waals surface area contributed by atoms with Gasteiger partial charge in [-0.15, -0.1) is 0 Å². The first kappa shape index (κ1) is 15.9. The zero-order valence-electron chi connectivity index (χ0n) is 14.1. The predicted octanol–water partition coefficient (Wildman–Crippen LogP) is 2.02. The van der Waals surface area contributed by atoms with Gasteiger partial charge in [0.15, 0.2) is 0 Å². The Kier molecular flexibility index (Phi) is 4.19. The number of imide groups is 1. The molecule has 0 spiro atoms.